The van der Waals surface area contributed by atoms with Crippen molar-refractivity contribution in [1.82, 2.24) is 0 Å². The van der Waals surface area contributed by atoms with Crippen LogP contribution >= 0.6 is 0 Å². The van der Waals surface area contributed by atoms with Gasteiger partial charge in [-0.15, -0.1) is 6.58 Å². The zero-order chi connectivity index (χ0) is 29.8. The molecule has 1 unspecified atom stereocenters. The molecule has 5 rings (SSSR count). The smallest absolute Gasteiger partial charge is 0.338 e. The first-order valence-corrected chi connectivity index (χ1v) is 15.0. The molecular formula is C34H46O7. The Kier molecular flexibility index (Phi) is 7.80. The van der Waals surface area contributed by atoms with Crippen LogP contribution in [0.2, 0.25) is 0 Å². The van der Waals surface area contributed by atoms with Crippen molar-refractivity contribution in [3.05, 3.63) is 59.7 Å². The second-order valence-electron chi connectivity index (χ2n) is 13.5. The number of carbonyl (C=O) groups is 2. The number of carbonyl (C=O) groups excluding carboxylic acids is 2. The lowest BCUT2D eigenvalue weighted by molar-refractivity contribution is -0.346. The molecule has 3 fully saturated rings. The molecule has 2 saturated carbocycles. The van der Waals surface area contributed by atoms with E-state index in [1.807, 2.05) is 12.1 Å². The predicted octanol–water partition coefficient (Wildman–Crippen LogP) is 5.81. The second kappa shape index (κ2) is 10.7. The zero-order valence-corrected chi connectivity index (χ0v) is 25.4. The summed E-state index contributed by atoms with van der Waals surface area (Å²) < 4.78 is 24.7. The number of benzene rings is 1. The van der Waals surface area contributed by atoms with E-state index >= 15 is 0 Å². The van der Waals surface area contributed by atoms with Gasteiger partial charge >= 0.3 is 11.9 Å². The number of methoxy groups -OCH3 is 1. The number of hydrogen-bond donors (Lipinski definition) is 1. The van der Waals surface area contributed by atoms with Gasteiger partial charge in [0.25, 0.3) is 0 Å². The lowest BCUT2D eigenvalue weighted by Crippen LogP contribution is -2.78. The van der Waals surface area contributed by atoms with Crippen LogP contribution in [0, 0.1) is 22.7 Å². The molecule has 1 aromatic carbocycles. The topological polar surface area (TPSA) is 91.3 Å². The fourth-order valence-corrected chi connectivity index (χ4v) is 8.84. The van der Waals surface area contributed by atoms with Gasteiger partial charge < -0.3 is 24.1 Å². The summed E-state index contributed by atoms with van der Waals surface area (Å²) in [5, 5.41) is 13.0. The largest absolute Gasteiger partial charge is 0.455 e. The van der Waals surface area contributed by atoms with Crippen LogP contribution in [0.1, 0.15) is 83.5 Å². The summed E-state index contributed by atoms with van der Waals surface area (Å²) in [5.41, 5.74) is -0.624. The molecule has 1 aromatic rings. The molecule has 8 atom stereocenters. The fraction of sp³-hybridized carbons (Fsp3) is 0.647. The average molecular weight is 567 g/mol. The van der Waals surface area contributed by atoms with Gasteiger partial charge in [-0.3, -0.25) is 4.79 Å². The summed E-state index contributed by atoms with van der Waals surface area (Å²) in [7, 11) is 1.68. The van der Waals surface area contributed by atoms with Crippen molar-refractivity contribution >= 4 is 11.9 Å². The quantitative estimate of drug-likeness (QED) is 0.329. The Morgan fingerprint density at radius 1 is 1.17 bits per heavy atom. The molecule has 1 aliphatic heterocycles. The molecule has 1 saturated heterocycles. The summed E-state index contributed by atoms with van der Waals surface area (Å²) in [6, 6.07) is 8.91. The van der Waals surface area contributed by atoms with Crippen molar-refractivity contribution in [3.8, 4) is 0 Å². The highest BCUT2D eigenvalue weighted by molar-refractivity contribution is 5.89. The van der Waals surface area contributed by atoms with E-state index in [1.165, 1.54) is 18.1 Å². The van der Waals surface area contributed by atoms with E-state index in [1.54, 1.807) is 31.4 Å². The number of aliphatic hydroxyl groups is 1. The van der Waals surface area contributed by atoms with Gasteiger partial charge in [-0.25, -0.2) is 4.79 Å². The van der Waals surface area contributed by atoms with Crippen LogP contribution < -0.4 is 0 Å². The van der Waals surface area contributed by atoms with Gasteiger partial charge in [-0.1, -0.05) is 56.2 Å². The van der Waals surface area contributed by atoms with Crippen molar-refractivity contribution in [2.45, 2.75) is 103 Å². The summed E-state index contributed by atoms with van der Waals surface area (Å²) in [6.07, 6.45) is 4.44. The molecule has 4 aliphatic rings. The third-order valence-corrected chi connectivity index (χ3v) is 11.3. The molecule has 0 spiro atoms. The highest BCUT2D eigenvalue weighted by Gasteiger charge is 2.74. The normalized spacial score (nSPS) is 38.2. The first-order chi connectivity index (χ1) is 19.3. The molecule has 7 heteroatoms. The SMILES string of the molecule is C=C[C@@H](C[C@H]1C[C@H]2OC[C@@]2(OC(C)=O)C2[C@H](OC(=O)c3ccccc3)[C@]3(O)CCC(C)=C(CC[C@@]21C)C3(C)C)OC. The Hall–Kier alpha value is -2.48. The van der Waals surface area contributed by atoms with Crippen LogP contribution in [0.3, 0.4) is 0 Å². The number of rotatable bonds is 7. The van der Waals surface area contributed by atoms with Gasteiger partial charge in [-0.05, 0) is 68.9 Å². The van der Waals surface area contributed by atoms with E-state index in [0.29, 0.717) is 31.2 Å². The van der Waals surface area contributed by atoms with Crippen LogP contribution in [-0.2, 0) is 23.7 Å². The monoisotopic (exact) mass is 566 g/mol. The molecule has 1 heterocycles. The minimum absolute atomic E-state index is 0.0776. The Labute approximate surface area is 244 Å². The van der Waals surface area contributed by atoms with Gasteiger partial charge in [0.2, 0.25) is 0 Å². The van der Waals surface area contributed by atoms with E-state index in [4.69, 9.17) is 18.9 Å². The first kappa shape index (κ1) is 30.0. The summed E-state index contributed by atoms with van der Waals surface area (Å²) in [5.74, 6) is -1.32. The summed E-state index contributed by atoms with van der Waals surface area (Å²) in [6.45, 7) is 14.2. The molecule has 1 N–H and O–H groups in total. The molecule has 0 radical (unpaired) electrons. The van der Waals surface area contributed by atoms with Crippen LogP contribution in [0.15, 0.2) is 54.1 Å². The standard InChI is InChI=1S/C34H46O7/c1-8-25(38-7)18-24-19-27-33(20-39-27,41-22(3)35)28-29(40-30(36)23-12-10-9-11-13-23)34(37)17-14-21(2)26(31(34,4)5)15-16-32(24,28)6/h8-13,24-25,27-29,37H,1,14-20H2,2-7H3/t24-,25-,27+,28?,29-,32+,33-,34+/m0/s1. The lowest BCUT2D eigenvalue weighted by Gasteiger charge is -2.68. The number of allylic oxidation sites excluding steroid dienone is 1. The Balaban J connectivity index is 1.73. The molecular weight excluding hydrogens is 520 g/mol. The van der Waals surface area contributed by atoms with E-state index < -0.39 is 46.0 Å². The highest BCUT2D eigenvalue weighted by atomic mass is 16.6. The zero-order valence-electron chi connectivity index (χ0n) is 25.4. The van der Waals surface area contributed by atoms with Crippen molar-refractivity contribution in [1.29, 1.82) is 0 Å². The molecule has 0 aromatic heterocycles. The Morgan fingerprint density at radius 2 is 1.88 bits per heavy atom. The van der Waals surface area contributed by atoms with E-state index in [0.717, 1.165) is 12.8 Å². The van der Waals surface area contributed by atoms with E-state index in [2.05, 4.69) is 34.3 Å². The van der Waals surface area contributed by atoms with Crippen molar-refractivity contribution in [2.24, 2.45) is 22.7 Å². The number of ether oxygens (including phenoxy) is 4. The molecule has 2 bridgehead atoms. The van der Waals surface area contributed by atoms with Gasteiger partial charge in [0, 0.05) is 25.4 Å². The maximum atomic E-state index is 13.8. The minimum atomic E-state index is -1.40. The molecule has 224 valence electrons. The number of esters is 2. The van der Waals surface area contributed by atoms with Gasteiger partial charge in [0.1, 0.15) is 17.8 Å². The molecule has 41 heavy (non-hydrogen) atoms. The molecule has 3 aliphatic carbocycles. The fourth-order valence-electron chi connectivity index (χ4n) is 8.84. The van der Waals surface area contributed by atoms with Crippen LogP contribution in [0.5, 0.6) is 0 Å². The van der Waals surface area contributed by atoms with Crippen molar-refractivity contribution < 1.29 is 33.6 Å². The average Bonchev–Trinajstić information content (AvgIpc) is 2.92. The summed E-state index contributed by atoms with van der Waals surface area (Å²) in [4.78, 5) is 26.5. The van der Waals surface area contributed by atoms with Crippen molar-refractivity contribution in [2.75, 3.05) is 13.7 Å². The van der Waals surface area contributed by atoms with Gasteiger partial charge in [0.15, 0.2) is 5.60 Å². The third kappa shape index (κ3) is 4.59. The Morgan fingerprint density at radius 3 is 2.46 bits per heavy atom. The number of hydrogen-bond acceptors (Lipinski definition) is 7. The van der Waals surface area contributed by atoms with Crippen LogP contribution in [0.25, 0.3) is 0 Å². The maximum absolute atomic E-state index is 13.8. The van der Waals surface area contributed by atoms with Crippen LogP contribution in [0.4, 0.5) is 0 Å². The Bertz CT molecular complexity index is 1220. The molecule has 0 amide bonds. The second-order valence-corrected chi connectivity index (χ2v) is 13.5. The van der Waals surface area contributed by atoms with Crippen LogP contribution in [-0.4, -0.2) is 60.3 Å². The maximum Gasteiger partial charge on any atom is 0.338 e. The van der Waals surface area contributed by atoms with Gasteiger partial charge in [0.05, 0.1) is 18.3 Å². The molecule has 7 nitrogen and oxygen atoms in total. The van der Waals surface area contributed by atoms with Crippen molar-refractivity contribution in [3.63, 3.8) is 0 Å². The predicted molar refractivity (Wildman–Crippen MR) is 155 cm³/mol. The number of fused-ring (bicyclic) bond motifs is 5. The van der Waals surface area contributed by atoms with E-state index in [-0.39, 0.29) is 24.7 Å². The lowest BCUT2D eigenvalue weighted by atomic mass is 9.43. The highest BCUT2D eigenvalue weighted by Crippen LogP contribution is 2.66. The van der Waals surface area contributed by atoms with Gasteiger partial charge in [-0.2, -0.15) is 0 Å². The minimum Gasteiger partial charge on any atom is -0.455 e. The first-order valence-electron chi connectivity index (χ1n) is 15.0. The third-order valence-electron chi connectivity index (χ3n) is 11.3. The summed E-state index contributed by atoms with van der Waals surface area (Å²) >= 11 is 0. The van der Waals surface area contributed by atoms with E-state index in [9.17, 15) is 14.7 Å².